The lowest BCUT2D eigenvalue weighted by atomic mass is 9.88. The lowest BCUT2D eigenvalue weighted by Gasteiger charge is -2.40. The fourth-order valence-electron chi connectivity index (χ4n) is 4.49. The van der Waals surface area contributed by atoms with Gasteiger partial charge in [-0.3, -0.25) is 4.79 Å². The monoisotopic (exact) mass is 358 g/mol. The molecule has 0 aromatic heterocycles. The van der Waals surface area contributed by atoms with Gasteiger partial charge in [0.2, 0.25) is 5.91 Å². The molecule has 1 N–H and O–H groups in total. The molecule has 1 amide bonds. The van der Waals surface area contributed by atoms with Gasteiger partial charge in [0, 0.05) is 32.2 Å². The smallest absolute Gasteiger partial charge is 0.225 e. The number of aliphatic hydroxyl groups excluding tert-OH is 1. The molecule has 0 spiro atoms. The fraction of sp³-hybridized carbons (Fsp3) is 0.941. The van der Waals surface area contributed by atoms with Crippen LogP contribution in [0.4, 0.5) is 0 Å². The Morgan fingerprint density at radius 3 is 2.29 bits per heavy atom. The van der Waals surface area contributed by atoms with Crippen molar-refractivity contribution in [2.75, 3.05) is 50.8 Å². The normalized spacial score (nSPS) is 32.1. The zero-order valence-corrected chi connectivity index (χ0v) is 15.2. The van der Waals surface area contributed by atoms with Gasteiger partial charge in [0.1, 0.15) is 9.84 Å². The quantitative estimate of drug-likeness (QED) is 0.785. The number of likely N-dealkylation sites (tertiary alicyclic amines) is 2. The second kappa shape index (κ2) is 7.70. The molecule has 0 radical (unpaired) electrons. The number of rotatable bonds is 4. The summed E-state index contributed by atoms with van der Waals surface area (Å²) in [4.78, 5) is 17.2. The minimum atomic E-state index is -2.94. The van der Waals surface area contributed by atoms with E-state index in [4.69, 9.17) is 0 Å². The Hall–Kier alpha value is -0.660. The lowest BCUT2D eigenvalue weighted by Crippen LogP contribution is -2.50. The number of carbonyl (C=O) groups excluding carboxylic acids is 1. The van der Waals surface area contributed by atoms with Crippen LogP contribution in [0.5, 0.6) is 0 Å². The van der Waals surface area contributed by atoms with Gasteiger partial charge in [0.05, 0.1) is 11.5 Å². The summed E-state index contributed by atoms with van der Waals surface area (Å²) in [5.41, 5.74) is 0. The third-order valence-corrected chi connectivity index (χ3v) is 7.53. The van der Waals surface area contributed by atoms with Crippen LogP contribution in [-0.4, -0.2) is 80.1 Å². The summed E-state index contributed by atoms with van der Waals surface area (Å²) < 4.78 is 23.2. The van der Waals surface area contributed by atoms with Crippen molar-refractivity contribution in [3.63, 3.8) is 0 Å². The van der Waals surface area contributed by atoms with Gasteiger partial charge in [-0.25, -0.2) is 8.42 Å². The Labute approximate surface area is 145 Å². The van der Waals surface area contributed by atoms with E-state index in [1.807, 2.05) is 4.90 Å². The number of hydrogen-bond donors (Lipinski definition) is 1. The van der Waals surface area contributed by atoms with Crippen molar-refractivity contribution in [2.45, 2.75) is 32.1 Å². The largest absolute Gasteiger partial charge is 0.396 e. The molecule has 3 saturated heterocycles. The van der Waals surface area contributed by atoms with Crippen molar-refractivity contribution in [3.05, 3.63) is 0 Å². The second-order valence-corrected chi connectivity index (χ2v) is 10.1. The summed E-state index contributed by atoms with van der Waals surface area (Å²) in [6, 6.07) is 0. The van der Waals surface area contributed by atoms with Crippen LogP contribution in [0.1, 0.15) is 32.1 Å². The summed E-state index contributed by atoms with van der Waals surface area (Å²) in [6.45, 7) is 4.81. The molecule has 0 saturated carbocycles. The van der Waals surface area contributed by atoms with Gasteiger partial charge >= 0.3 is 0 Å². The minimum Gasteiger partial charge on any atom is -0.396 e. The predicted octanol–water partition coefficient (Wildman–Crippen LogP) is 0.364. The number of carbonyl (C=O) groups is 1. The van der Waals surface area contributed by atoms with E-state index in [1.165, 1.54) is 12.8 Å². The van der Waals surface area contributed by atoms with Gasteiger partial charge in [-0.2, -0.15) is 0 Å². The molecule has 0 aromatic carbocycles. The number of hydrogen-bond acceptors (Lipinski definition) is 5. The number of nitrogens with zero attached hydrogens (tertiary/aromatic N) is 2. The van der Waals surface area contributed by atoms with Crippen molar-refractivity contribution >= 4 is 15.7 Å². The van der Waals surface area contributed by atoms with Crippen LogP contribution >= 0.6 is 0 Å². The summed E-state index contributed by atoms with van der Waals surface area (Å²) >= 11 is 0. The molecule has 6 nitrogen and oxygen atoms in total. The molecule has 0 unspecified atom stereocenters. The Bertz CT molecular complexity index is 531. The van der Waals surface area contributed by atoms with Crippen LogP contribution < -0.4 is 0 Å². The van der Waals surface area contributed by atoms with Gasteiger partial charge < -0.3 is 14.9 Å². The van der Waals surface area contributed by atoms with Crippen LogP contribution in [0, 0.1) is 17.8 Å². The Balaban J connectivity index is 1.59. The molecule has 7 heteroatoms. The van der Waals surface area contributed by atoms with Crippen molar-refractivity contribution in [2.24, 2.45) is 17.8 Å². The van der Waals surface area contributed by atoms with Crippen LogP contribution in [0.25, 0.3) is 0 Å². The van der Waals surface area contributed by atoms with E-state index in [1.54, 1.807) is 0 Å². The van der Waals surface area contributed by atoms with Gasteiger partial charge in [-0.1, -0.05) is 0 Å². The fourth-order valence-corrected chi connectivity index (χ4v) is 5.98. The molecule has 0 bridgehead atoms. The highest BCUT2D eigenvalue weighted by Crippen LogP contribution is 2.28. The summed E-state index contributed by atoms with van der Waals surface area (Å²) in [7, 11) is -2.94. The molecule has 3 aliphatic heterocycles. The van der Waals surface area contributed by atoms with E-state index in [9.17, 15) is 18.3 Å². The maximum Gasteiger partial charge on any atom is 0.225 e. The molecule has 2 atom stereocenters. The molecule has 3 rings (SSSR count). The van der Waals surface area contributed by atoms with Crippen LogP contribution in [-0.2, 0) is 14.6 Å². The highest BCUT2D eigenvalue weighted by Gasteiger charge is 2.36. The first-order valence-corrected chi connectivity index (χ1v) is 11.1. The van der Waals surface area contributed by atoms with Crippen molar-refractivity contribution < 1.29 is 18.3 Å². The number of aliphatic hydroxyl groups is 1. The molecular formula is C17H30N2O4S. The maximum atomic E-state index is 12.8. The topological polar surface area (TPSA) is 77.9 Å². The standard InChI is InChI=1S/C17H30N2O4S/c20-13-15-9-14(10-18-5-1-2-6-18)11-19(12-15)17(21)16-3-7-24(22,23)8-4-16/h14-16,20H,1-13H2/t14-,15+/m1/s1. The number of piperidine rings is 1. The molecule has 3 fully saturated rings. The first-order valence-electron chi connectivity index (χ1n) is 9.29. The zero-order valence-electron chi connectivity index (χ0n) is 14.4. The lowest BCUT2D eigenvalue weighted by molar-refractivity contribution is -0.139. The SMILES string of the molecule is O=C(C1CCS(=O)(=O)CC1)N1C[C@@H](CN2CCCC2)C[C@H](CO)C1. The Morgan fingerprint density at radius 2 is 1.67 bits per heavy atom. The second-order valence-electron chi connectivity index (χ2n) is 7.83. The first-order chi connectivity index (χ1) is 11.5. The Morgan fingerprint density at radius 1 is 1.04 bits per heavy atom. The zero-order chi connectivity index (χ0) is 17.2. The molecule has 0 aliphatic carbocycles. The van der Waals surface area contributed by atoms with Crippen molar-refractivity contribution in [1.29, 1.82) is 0 Å². The van der Waals surface area contributed by atoms with E-state index in [-0.39, 0.29) is 35.9 Å². The summed E-state index contributed by atoms with van der Waals surface area (Å²) in [5.74, 6) is 0.802. The van der Waals surface area contributed by atoms with Gasteiger partial charge in [0.25, 0.3) is 0 Å². The summed E-state index contributed by atoms with van der Waals surface area (Å²) in [5, 5.41) is 9.62. The average Bonchev–Trinajstić information content (AvgIpc) is 3.07. The van der Waals surface area contributed by atoms with E-state index >= 15 is 0 Å². The molecule has 0 aromatic rings. The Kier molecular flexibility index (Phi) is 5.82. The average molecular weight is 359 g/mol. The van der Waals surface area contributed by atoms with Crippen LogP contribution in [0.15, 0.2) is 0 Å². The highest BCUT2D eigenvalue weighted by molar-refractivity contribution is 7.91. The predicted molar refractivity (Wildman–Crippen MR) is 92.3 cm³/mol. The molecular weight excluding hydrogens is 328 g/mol. The van der Waals surface area contributed by atoms with Crippen molar-refractivity contribution in [3.8, 4) is 0 Å². The maximum absolute atomic E-state index is 12.8. The molecule has 3 aliphatic rings. The number of sulfone groups is 1. The van der Waals surface area contributed by atoms with Gasteiger partial charge in [0.15, 0.2) is 0 Å². The van der Waals surface area contributed by atoms with E-state index in [0.717, 1.165) is 32.6 Å². The molecule has 138 valence electrons. The van der Waals surface area contributed by atoms with Crippen molar-refractivity contribution in [1.82, 2.24) is 9.80 Å². The van der Waals surface area contributed by atoms with Crippen LogP contribution in [0.3, 0.4) is 0 Å². The minimum absolute atomic E-state index is 0.106. The van der Waals surface area contributed by atoms with Gasteiger partial charge in [-0.05, 0) is 57.0 Å². The molecule has 3 heterocycles. The van der Waals surface area contributed by atoms with E-state index in [2.05, 4.69) is 4.90 Å². The number of amides is 1. The van der Waals surface area contributed by atoms with Gasteiger partial charge in [-0.15, -0.1) is 0 Å². The van der Waals surface area contributed by atoms with E-state index < -0.39 is 9.84 Å². The van der Waals surface area contributed by atoms with Crippen LogP contribution in [0.2, 0.25) is 0 Å². The van der Waals surface area contributed by atoms with E-state index in [0.29, 0.717) is 25.3 Å². The first kappa shape index (κ1) is 18.1. The molecule has 24 heavy (non-hydrogen) atoms. The highest BCUT2D eigenvalue weighted by atomic mass is 32.2. The third-order valence-electron chi connectivity index (χ3n) is 5.81. The third kappa shape index (κ3) is 4.49. The summed E-state index contributed by atoms with van der Waals surface area (Å²) in [6.07, 6.45) is 4.41.